The lowest BCUT2D eigenvalue weighted by atomic mass is 9.78. The highest BCUT2D eigenvalue weighted by Crippen LogP contribution is 2.32. The van der Waals surface area contributed by atoms with Crippen molar-refractivity contribution in [2.45, 2.75) is 25.4 Å². The molecule has 1 atom stereocenters. The Morgan fingerprint density at radius 1 is 0.906 bits per heavy atom. The van der Waals surface area contributed by atoms with Gasteiger partial charge >= 0.3 is 0 Å². The number of epoxide rings is 1. The number of halogens is 1. The Morgan fingerprint density at radius 2 is 1.28 bits per heavy atom. The molecular formula is C25H32ClNO5. The summed E-state index contributed by atoms with van der Waals surface area (Å²) in [6.07, 6.45) is 0.400. The molecule has 4 rings (SSSR count). The van der Waals surface area contributed by atoms with E-state index >= 15 is 0 Å². The molecule has 1 aliphatic rings. The molecule has 0 amide bonds. The largest absolute Gasteiger partial charge is 0.872 e. The second kappa shape index (κ2) is 14.9. The van der Waals surface area contributed by atoms with Gasteiger partial charge in [-0.3, -0.25) is 0 Å². The van der Waals surface area contributed by atoms with E-state index in [2.05, 4.69) is 13.8 Å². The lowest BCUT2D eigenvalue weighted by molar-refractivity contribution is -0.268. The maximum absolute atomic E-state index is 10.3. The van der Waals surface area contributed by atoms with Crippen molar-refractivity contribution in [3.05, 3.63) is 90.0 Å². The molecule has 1 aliphatic heterocycles. The van der Waals surface area contributed by atoms with Crippen LogP contribution in [0.3, 0.4) is 0 Å². The van der Waals surface area contributed by atoms with Gasteiger partial charge in [-0.15, -0.1) is 17.4 Å². The lowest BCUT2D eigenvalue weighted by Gasteiger charge is -2.26. The molecule has 0 bridgehead atoms. The summed E-state index contributed by atoms with van der Waals surface area (Å²) in [4.78, 5) is 8.00. The first-order valence-corrected chi connectivity index (χ1v) is 10.1. The number of phenolic OH excluding ortho intramolecular Hbond substituents is 2. The fraction of sp³-hybridized carbons (Fsp3) is 0.240. The van der Waals surface area contributed by atoms with Crippen molar-refractivity contribution < 1.29 is 24.9 Å². The van der Waals surface area contributed by atoms with Crippen LogP contribution in [0.5, 0.6) is 17.2 Å². The number of quaternary nitrogens is 1. The van der Waals surface area contributed by atoms with Crippen molar-refractivity contribution in [3.8, 4) is 17.2 Å². The molecule has 1 unspecified atom stereocenters. The number of hydrogen-bond donors (Lipinski definition) is 3. The first kappa shape index (κ1) is 28.9. The number of rotatable bonds is 3. The van der Waals surface area contributed by atoms with Gasteiger partial charge in [-0.25, -0.2) is 0 Å². The molecule has 0 aliphatic carbocycles. The predicted molar refractivity (Wildman–Crippen MR) is 128 cm³/mol. The van der Waals surface area contributed by atoms with Crippen LogP contribution in [0.4, 0.5) is 0 Å². The molecule has 0 radical (unpaired) electrons. The molecular weight excluding hydrogens is 430 g/mol. The van der Waals surface area contributed by atoms with Gasteiger partial charge in [-0.2, -0.15) is 0 Å². The van der Waals surface area contributed by atoms with Gasteiger partial charge in [0, 0.05) is 5.41 Å². The SMILES string of the molecule is C=O.CC(C)(c1ccc(O)cc1)c1ccc(O)cc1.ClCC1CO1.[NH4+].[O-]c1ccccc1. The van der Waals surface area contributed by atoms with Crippen molar-refractivity contribution in [1.29, 1.82) is 0 Å². The molecule has 7 heteroatoms. The third-order valence-electron chi connectivity index (χ3n) is 4.50. The van der Waals surface area contributed by atoms with Crippen LogP contribution in [0.15, 0.2) is 78.9 Å². The second-order valence-corrected chi connectivity index (χ2v) is 7.45. The Labute approximate surface area is 194 Å². The highest BCUT2D eigenvalue weighted by molar-refractivity contribution is 6.18. The standard InChI is InChI=1S/C15H16O2.C6H6O.C3H5ClO.CH2O.H3N/c1-15(2,11-3-7-13(16)8-4-11)12-5-9-14(17)10-6-12;7-6-4-2-1-3-5-6;4-1-3-2-5-3;1-2;/h3-10,16-17H,1-2H3;1-5,7H;3H,1-2H2;1H2;1H3. The van der Waals surface area contributed by atoms with Gasteiger partial charge < -0.3 is 31.0 Å². The minimum absolute atomic E-state index is 0. The second-order valence-electron chi connectivity index (χ2n) is 7.14. The van der Waals surface area contributed by atoms with Gasteiger partial charge in [-0.05, 0) is 35.4 Å². The highest BCUT2D eigenvalue weighted by Gasteiger charge is 2.22. The van der Waals surface area contributed by atoms with Crippen molar-refractivity contribution in [2.75, 3.05) is 12.5 Å². The van der Waals surface area contributed by atoms with Gasteiger partial charge in [0.2, 0.25) is 0 Å². The average molecular weight is 462 g/mol. The molecule has 0 spiro atoms. The number of hydrogen-bond acceptors (Lipinski definition) is 5. The number of alkyl halides is 1. The average Bonchev–Trinajstić information content (AvgIpc) is 3.62. The molecule has 174 valence electrons. The quantitative estimate of drug-likeness (QED) is 0.373. The van der Waals surface area contributed by atoms with E-state index in [1.807, 2.05) is 37.1 Å². The summed E-state index contributed by atoms with van der Waals surface area (Å²) in [5, 5.41) is 28.9. The van der Waals surface area contributed by atoms with E-state index in [1.165, 1.54) is 12.1 Å². The van der Waals surface area contributed by atoms with Crippen LogP contribution in [0.1, 0.15) is 25.0 Å². The molecule has 0 saturated carbocycles. The van der Waals surface area contributed by atoms with Gasteiger partial charge in [0.05, 0.1) is 18.6 Å². The molecule has 0 aromatic heterocycles. The van der Waals surface area contributed by atoms with Crippen LogP contribution in [-0.2, 0) is 14.9 Å². The summed E-state index contributed by atoms with van der Waals surface area (Å²) in [6.45, 7) is 7.11. The molecule has 1 fully saturated rings. The summed E-state index contributed by atoms with van der Waals surface area (Å²) in [5.74, 6) is 1.29. The number of carbonyl (C=O) groups is 1. The van der Waals surface area contributed by atoms with E-state index in [1.54, 1.807) is 36.4 Å². The summed E-state index contributed by atoms with van der Waals surface area (Å²) in [5.41, 5.74) is 2.10. The fourth-order valence-corrected chi connectivity index (χ4v) is 2.68. The Balaban J connectivity index is 0.000000527. The number of para-hydroxylation sites is 1. The first-order valence-electron chi connectivity index (χ1n) is 9.60. The topological polar surface area (TPSA) is 130 Å². The third kappa shape index (κ3) is 10.3. The molecule has 1 heterocycles. The fourth-order valence-electron chi connectivity index (χ4n) is 2.50. The Bertz CT molecular complexity index is 820. The number of benzene rings is 3. The van der Waals surface area contributed by atoms with Crippen molar-refractivity contribution in [2.24, 2.45) is 0 Å². The van der Waals surface area contributed by atoms with E-state index in [0.29, 0.717) is 12.0 Å². The predicted octanol–water partition coefficient (Wildman–Crippen LogP) is 5.00. The van der Waals surface area contributed by atoms with Crippen LogP contribution in [-0.4, -0.2) is 35.6 Å². The van der Waals surface area contributed by atoms with Crippen LogP contribution < -0.4 is 11.3 Å². The number of carbonyl (C=O) groups excluding carboxylic acids is 1. The number of ether oxygens (including phenoxy) is 1. The van der Waals surface area contributed by atoms with Gasteiger partial charge in [0.15, 0.2) is 0 Å². The van der Waals surface area contributed by atoms with Crippen LogP contribution >= 0.6 is 11.6 Å². The van der Waals surface area contributed by atoms with Crippen LogP contribution in [0.2, 0.25) is 0 Å². The molecule has 3 aromatic carbocycles. The van der Waals surface area contributed by atoms with Gasteiger partial charge in [0.25, 0.3) is 0 Å². The van der Waals surface area contributed by atoms with E-state index in [0.717, 1.165) is 17.7 Å². The highest BCUT2D eigenvalue weighted by atomic mass is 35.5. The van der Waals surface area contributed by atoms with Gasteiger partial charge in [-0.1, -0.05) is 68.4 Å². The smallest absolute Gasteiger partial charge is 0.115 e. The Morgan fingerprint density at radius 3 is 1.50 bits per heavy atom. The Hall–Kier alpha value is -3.06. The maximum Gasteiger partial charge on any atom is 0.115 e. The molecule has 6 nitrogen and oxygen atoms in total. The minimum Gasteiger partial charge on any atom is -0.872 e. The third-order valence-corrected chi connectivity index (χ3v) is 4.84. The summed E-state index contributed by atoms with van der Waals surface area (Å²) < 4.78 is 4.73. The van der Waals surface area contributed by atoms with Crippen LogP contribution in [0.25, 0.3) is 0 Å². The Kier molecular flexibility index (Phi) is 13.4. The van der Waals surface area contributed by atoms with E-state index in [-0.39, 0.29) is 28.8 Å². The molecule has 32 heavy (non-hydrogen) atoms. The van der Waals surface area contributed by atoms with E-state index < -0.39 is 0 Å². The minimum atomic E-state index is -0.151. The zero-order valence-electron chi connectivity index (χ0n) is 18.7. The normalized spacial score (nSPS) is 13.4. The maximum atomic E-state index is 10.3. The monoisotopic (exact) mass is 461 g/mol. The summed E-state index contributed by atoms with van der Waals surface area (Å²) >= 11 is 5.27. The lowest BCUT2D eigenvalue weighted by Crippen LogP contribution is -2.18. The zero-order valence-corrected chi connectivity index (χ0v) is 19.5. The molecule has 6 N–H and O–H groups in total. The van der Waals surface area contributed by atoms with Crippen LogP contribution in [0, 0.1) is 0 Å². The summed E-state index contributed by atoms with van der Waals surface area (Å²) in [7, 11) is 0. The number of aromatic hydroxyl groups is 2. The van der Waals surface area contributed by atoms with Crippen molar-refractivity contribution >= 4 is 18.4 Å². The van der Waals surface area contributed by atoms with E-state index in [4.69, 9.17) is 21.1 Å². The van der Waals surface area contributed by atoms with E-state index in [9.17, 15) is 15.3 Å². The van der Waals surface area contributed by atoms with Crippen molar-refractivity contribution in [3.63, 3.8) is 0 Å². The zero-order chi connectivity index (χ0) is 23.3. The molecule has 1 saturated heterocycles. The first-order chi connectivity index (χ1) is 14.8. The number of phenols is 2. The van der Waals surface area contributed by atoms with Crippen molar-refractivity contribution in [1.82, 2.24) is 6.15 Å². The summed E-state index contributed by atoms with van der Waals surface area (Å²) in [6, 6.07) is 22.8. The molecule has 3 aromatic rings. The van der Waals surface area contributed by atoms with Gasteiger partial charge in [0.1, 0.15) is 18.3 Å².